The fourth-order valence-electron chi connectivity index (χ4n) is 4.12. The third-order valence-corrected chi connectivity index (χ3v) is 7.29. The number of nitrogens with zero attached hydrogens (tertiary/aromatic N) is 1. The molecule has 7 nitrogen and oxygen atoms in total. The monoisotopic (exact) mass is 520 g/mol. The number of carbonyl (C=O) groups excluding carboxylic acids is 2. The molecule has 3 rings (SSSR count). The molecule has 1 aliphatic heterocycles. The number of halogens is 1. The summed E-state index contributed by atoms with van der Waals surface area (Å²) < 4.78 is 0.550. The molecule has 192 valence electrons. The van der Waals surface area contributed by atoms with Gasteiger partial charge in [-0.1, -0.05) is 44.2 Å². The summed E-state index contributed by atoms with van der Waals surface area (Å²) in [5, 5.41) is 19.4. The van der Waals surface area contributed by atoms with Crippen molar-refractivity contribution >= 4 is 51.8 Å². The standard InChI is InChI=1S/C26H37ClN4O3S/c1-2-3-4-5-6-9-25(33)30-21-16-19(10-11-22(21)31-14-7-8-15-31)28-17-20(32)18-29-26(34)23-12-13-24(27)35-23/h10-13,16,20,28,32H,2-9,14-15,17-18H2,1H3,(H,29,34)(H,30,33). The van der Waals surface area contributed by atoms with Gasteiger partial charge < -0.3 is 26.0 Å². The van der Waals surface area contributed by atoms with Crippen LogP contribution in [0.2, 0.25) is 4.34 Å². The van der Waals surface area contributed by atoms with Gasteiger partial charge in [0.25, 0.3) is 5.91 Å². The van der Waals surface area contributed by atoms with Crippen LogP contribution >= 0.6 is 22.9 Å². The Hall–Kier alpha value is -2.29. The minimum absolute atomic E-state index is 0.0375. The highest BCUT2D eigenvalue weighted by molar-refractivity contribution is 7.18. The lowest BCUT2D eigenvalue weighted by Gasteiger charge is -2.23. The lowest BCUT2D eigenvalue weighted by atomic mass is 10.1. The zero-order valence-corrected chi connectivity index (χ0v) is 22.0. The number of carbonyl (C=O) groups is 2. The molecule has 0 saturated carbocycles. The number of anilines is 3. The SMILES string of the molecule is CCCCCCCC(=O)Nc1cc(NCC(O)CNC(=O)c2ccc(Cl)s2)ccc1N1CCCC1. The number of benzene rings is 1. The first kappa shape index (κ1) is 27.3. The Bertz CT molecular complexity index is 962. The van der Waals surface area contributed by atoms with Crippen LogP contribution in [0.5, 0.6) is 0 Å². The van der Waals surface area contributed by atoms with Crippen molar-refractivity contribution in [2.24, 2.45) is 0 Å². The van der Waals surface area contributed by atoms with E-state index in [0.717, 1.165) is 55.8 Å². The minimum Gasteiger partial charge on any atom is -0.389 e. The number of nitrogens with one attached hydrogen (secondary N) is 3. The molecule has 4 N–H and O–H groups in total. The molecule has 1 aliphatic rings. The molecule has 1 unspecified atom stereocenters. The van der Waals surface area contributed by atoms with Crippen LogP contribution in [0.3, 0.4) is 0 Å². The van der Waals surface area contributed by atoms with Crippen LogP contribution < -0.4 is 20.9 Å². The lowest BCUT2D eigenvalue weighted by Crippen LogP contribution is -2.35. The van der Waals surface area contributed by atoms with Crippen LogP contribution in [0.4, 0.5) is 17.1 Å². The summed E-state index contributed by atoms with van der Waals surface area (Å²) in [5.74, 6) is -0.217. The first-order valence-electron chi connectivity index (χ1n) is 12.6. The Morgan fingerprint density at radius 2 is 1.86 bits per heavy atom. The molecule has 2 heterocycles. The zero-order chi connectivity index (χ0) is 25.0. The van der Waals surface area contributed by atoms with Gasteiger partial charge in [-0.05, 0) is 49.6 Å². The summed E-state index contributed by atoms with van der Waals surface area (Å²) >= 11 is 7.08. The number of rotatable bonds is 14. The van der Waals surface area contributed by atoms with E-state index < -0.39 is 6.10 Å². The predicted molar refractivity (Wildman–Crippen MR) is 146 cm³/mol. The second kappa shape index (κ2) is 14.3. The molecule has 1 saturated heterocycles. The Labute approximate surface area is 217 Å². The summed E-state index contributed by atoms with van der Waals surface area (Å²) in [7, 11) is 0. The minimum atomic E-state index is -0.770. The quantitative estimate of drug-likeness (QED) is 0.247. The molecule has 1 aromatic carbocycles. The van der Waals surface area contributed by atoms with E-state index >= 15 is 0 Å². The number of aliphatic hydroxyl groups is 1. The van der Waals surface area contributed by atoms with Crippen LogP contribution in [0, 0.1) is 0 Å². The Balaban J connectivity index is 1.53. The van der Waals surface area contributed by atoms with Gasteiger partial charge in [0.15, 0.2) is 0 Å². The number of unbranched alkanes of at least 4 members (excludes halogenated alkanes) is 4. The lowest BCUT2D eigenvalue weighted by molar-refractivity contribution is -0.116. The predicted octanol–water partition coefficient (Wildman–Crippen LogP) is 5.50. The second-order valence-corrected chi connectivity index (χ2v) is 10.7. The molecule has 0 bridgehead atoms. The van der Waals surface area contributed by atoms with Gasteiger partial charge in [-0.2, -0.15) is 0 Å². The van der Waals surface area contributed by atoms with E-state index in [1.54, 1.807) is 12.1 Å². The summed E-state index contributed by atoms with van der Waals surface area (Å²) in [4.78, 5) is 27.6. The molecule has 0 aliphatic carbocycles. The highest BCUT2D eigenvalue weighted by Gasteiger charge is 2.18. The van der Waals surface area contributed by atoms with Crippen molar-refractivity contribution in [1.29, 1.82) is 0 Å². The maximum absolute atomic E-state index is 12.6. The van der Waals surface area contributed by atoms with Crippen LogP contribution in [-0.4, -0.2) is 49.2 Å². The van der Waals surface area contributed by atoms with Gasteiger partial charge in [-0.15, -0.1) is 11.3 Å². The van der Waals surface area contributed by atoms with Gasteiger partial charge in [-0.25, -0.2) is 0 Å². The summed E-state index contributed by atoms with van der Waals surface area (Å²) in [6.45, 7) is 4.54. The smallest absolute Gasteiger partial charge is 0.261 e. The fourth-order valence-corrected chi connectivity index (χ4v) is 5.08. The third kappa shape index (κ3) is 9.02. The summed E-state index contributed by atoms with van der Waals surface area (Å²) in [6.07, 6.45) is 7.62. The third-order valence-electron chi connectivity index (χ3n) is 6.06. The zero-order valence-electron chi connectivity index (χ0n) is 20.4. The van der Waals surface area contributed by atoms with Crippen molar-refractivity contribution in [2.75, 3.05) is 41.7 Å². The number of hydrogen-bond donors (Lipinski definition) is 4. The molecule has 35 heavy (non-hydrogen) atoms. The van der Waals surface area contributed by atoms with Gasteiger partial charge in [0, 0.05) is 38.3 Å². The van der Waals surface area contributed by atoms with Gasteiger partial charge in [0.2, 0.25) is 5.91 Å². The van der Waals surface area contributed by atoms with E-state index in [1.807, 2.05) is 18.2 Å². The number of hydrogen-bond acceptors (Lipinski definition) is 6. The molecule has 9 heteroatoms. The van der Waals surface area contributed by atoms with E-state index in [-0.39, 0.29) is 24.9 Å². The van der Waals surface area contributed by atoms with Crippen LogP contribution in [-0.2, 0) is 4.79 Å². The van der Waals surface area contributed by atoms with Gasteiger partial charge in [-0.3, -0.25) is 9.59 Å². The number of amides is 2. The average Bonchev–Trinajstić information content (AvgIpc) is 3.53. The van der Waals surface area contributed by atoms with E-state index in [0.29, 0.717) is 15.6 Å². The van der Waals surface area contributed by atoms with Crippen molar-refractivity contribution in [3.8, 4) is 0 Å². The van der Waals surface area contributed by atoms with Crippen molar-refractivity contribution in [3.63, 3.8) is 0 Å². The maximum Gasteiger partial charge on any atom is 0.261 e. The van der Waals surface area contributed by atoms with E-state index in [2.05, 4.69) is 27.8 Å². The second-order valence-electron chi connectivity index (χ2n) is 8.99. The first-order chi connectivity index (χ1) is 17.0. The maximum atomic E-state index is 12.6. The molecule has 1 aromatic heterocycles. The number of aliphatic hydroxyl groups excluding tert-OH is 1. The first-order valence-corrected chi connectivity index (χ1v) is 13.8. The number of thiophene rings is 1. The molecule has 0 radical (unpaired) electrons. The van der Waals surface area contributed by atoms with Crippen molar-refractivity contribution in [1.82, 2.24) is 5.32 Å². The van der Waals surface area contributed by atoms with Crippen LogP contribution in [0.15, 0.2) is 30.3 Å². The average molecular weight is 521 g/mol. The molecule has 1 atom stereocenters. The van der Waals surface area contributed by atoms with Crippen molar-refractivity contribution in [3.05, 3.63) is 39.5 Å². The molecule has 1 fully saturated rings. The summed E-state index contributed by atoms with van der Waals surface area (Å²) in [6, 6.07) is 9.26. The topological polar surface area (TPSA) is 93.7 Å². The summed E-state index contributed by atoms with van der Waals surface area (Å²) in [5.41, 5.74) is 2.64. The Kier molecular flexibility index (Phi) is 11.2. The van der Waals surface area contributed by atoms with Gasteiger partial charge in [0.1, 0.15) is 0 Å². The largest absolute Gasteiger partial charge is 0.389 e. The van der Waals surface area contributed by atoms with E-state index in [9.17, 15) is 14.7 Å². The van der Waals surface area contributed by atoms with Crippen molar-refractivity contribution in [2.45, 2.75) is 64.4 Å². The van der Waals surface area contributed by atoms with Gasteiger partial charge in [0.05, 0.1) is 26.7 Å². The van der Waals surface area contributed by atoms with Crippen LogP contribution in [0.25, 0.3) is 0 Å². The molecule has 2 aromatic rings. The molecule has 0 spiro atoms. The normalized spacial score (nSPS) is 14.1. The molecule has 2 amide bonds. The van der Waals surface area contributed by atoms with Crippen LogP contribution in [0.1, 0.15) is 68.0 Å². The van der Waals surface area contributed by atoms with E-state index in [1.165, 1.54) is 30.6 Å². The van der Waals surface area contributed by atoms with Gasteiger partial charge >= 0.3 is 0 Å². The Morgan fingerprint density at radius 3 is 2.57 bits per heavy atom. The van der Waals surface area contributed by atoms with E-state index in [4.69, 9.17) is 11.6 Å². The van der Waals surface area contributed by atoms with Crippen molar-refractivity contribution < 1.29 is 14.7 Å². The Morgan fingerprint density at radius 1 is 1.09 bits per heavy atom. The highest BCUT2D eigenvalue weighted by atomic mass is 35.5. The molecular formula is C26H37ClN4O3S. The highest BCUT2D eigenvalue weighted by Crippen LogP contribution is 2.32. The molecular weight excluding hydrogens is 484 g/mol. The fraction of sp³-hybridized carbons (Fsp3) is 0.538.